The fraction of sp³-hybridized carbons (Fsp3) is 0.917. The molecule has 100 valence electrons. The second kappa shape index (κ2) is 8.31. The van der Waals surface area contributed by atoms with E-state index in [-0.39, 0.29) is 12.3 Å². The Morgan fingerprint density at radius 1 is 1.35 bits per heavy atom. The molecule has 1 rings (SSSR count). The van der Waals surface area contributed by atoms with Crippen LogP contribution in [0.5, 0.6) is 0 Å². The van der Waals surface area contributed by atoms with Gasteiger partial charge in [-0.1, -0.05) is 19.8 Å². The van der Waals surface area contributed by atoms with Crippen LogP contribution < -0.4 is 5.32 Å². The van der Waals surface area contributed by atoms with Gasteiger partial charge in [0.25, 0.3) is 0 Å². The summed E-state index contributed by atoms with van der Waals surface area (Å²) in [4.78, 5) is 13.3. The van der Waals surface area contributed by atoms with Crippen molar-refractivity contribution in [3.63, 3.8) is 0 Å². The maximum absolute atomic E-state index is 11.6. The molecule has 0 bridgehead atoms. The summed E-state index contributed by atoms with van der Waals surface area (Å²) in [6.45, 7) is 4.89. The number of amides is 2. The highest BCUT2D eigenvalue weighted by Gasteiger charge is 2.17. The van der Waals surface area contributed by atoms with Crippen LogP contribution in [0.3, 0.4) is 0 Å². The molecule has 2 amide bonds. The molecule has 1 aliphatic heterocycles. The summed E-state index contributed by atoms with van der Waals surface area (Å²) in [7, 11) is 1.80. The number of nitrogens with zero attached hydrogens (tertiary/aromatic N) is 1. The minimum absolute atomic E-state index is 0.0147. The number of ether oxygens (including phenoxy) is 2. The highest BCUT2D eigenvalue weighted by Crippen LogP contribution is 2.08. The molecule has 0 aliphatic carbocycles. The monoisotopic (exact) mass is 244 g/mol. The van der Waals surface area contributed by atoms with Crippen LogP contribution in [0.2, 0.25) is 0 Å². The van der Waals surface area contributed by atoms with E-state index in [0.717, 1.165) is 25.8 Å². The van der Waals surface area contributed by atoms with Gasteiger partial charge in [-0.25, -0.2) is 4.79 Å². The van der Waals surface area contributed by atoms with Crippen molar-refractivity contribution in [1.29, 1.82) is 0 Å². The van der Waals surface area contributed by atoms with Crippen LogP contribution in [0.1, 0.15) is 32.6 Å². The number of hydrogen-bond acceptors (Lipinski definition) is 3. The Kier molecular flexibility index (Phi) is 6.96. The molecule has 1 heterocycles. The van der Waals surface area contributed by atoms with E-state index in [1.165, 1.54) is 6.42 Å². The third-order valence-corrected chi connectivity index (χ3v) is 2.79. The molecule has 0 spiro atoms. The average molecular weight is 244 g/mol. The lowest BCUT2D eigenvalue weighted by Crippen LogP contribution is -2.39. The minimum atomic E-state index is -0.134. The average Bonchev–Trinajstić information content (AvgIpc) is 2.84. The SMILES string of the molecule is CCCCCNC(=O)N(C)CCC1OCCO1. The van der Waals surface area contributed by atoms with Crippen LogP contribution in [0.15, 0.2) is 0 Å². The van der Waals surface area contributed by atoms with Crippen LogP contribution in [0, 0.1) is 0 Å². The van der Waals surface area contributed by atoms with Crippen molar-refractivity contribution in [3.05, 3.63) is 0 Å². The number of nitrogens with one attached hydrogen (secondary N) is 1. The van der Waals surface area contributed by atoms with Crippen LogP contribution in [-0.4, -0.2) is 50.6 Å². The summed E-state index contributed by atoms with van der Waals surface area (Å²) in [5.74, 6) is 0. The van der Waals surface area contributed by atoms with Gasteiger partial charge in [0.1, 0.15) is 0 Å². The Balaban J connectivity index is 2.04. The van der Waals surface area contributed by atoms with Gasteiger partial charge in [0, 0.05) is 26.6 Å². The number of urea groups is 1. The van der Waals surface area contributed by atoms with E-state index in [0.29, 0.717) is 19.8 Å². The maximum atomic E-state index is 11.6. The van der Waals surface area contributed by atoms with Gasteiger partial charge >= 0.3 is 6.03 Å². The third kappa shape index (κ3) is 5.89. The lowest BCUT2D eigenvalue weighted by atomic mass is 10.2. The maximum Gasteiger partial charge on any atom is 0.317 e. The number of carbonyl (C=O) groups excluding carboxylic acids is 1. The van der Waals surface area contributed by atoms with E-state index in [2.05, 4.69) is 12.2 Å². The molecule has 1 aliphatic rings. The fourth-order valence-corrected chi connectivity index (χ4v) is 1.68. The van der Waals surface area contributed by atoms with Gasteiger partial charge in [-0.05, 0) is 6.42 Å². The van der Waals surface area contributed by atoms with Gasteiger partial charge in [0.15, 0.2) is 6.29 Å². The number of rotatable bonds is 7. The molecule has 0 radical (unpaired) electrons. The first-order valence-electron chi connectivity index (χ1n) is 6.46. The quantitative estimate of drug-likeness (QED) is 0.692. The lowest BCUT2D eigenvalue weighted by Gasteiger charge is -2.19. The van der Waals surface area contributed by atoms with Gasteiger partial charge in [0.2, 0.25) is 0 Å². The highest BCUT2D eigenvalue weighted by atomic mass is 16.7. The summed E-state index contributed by atoms with van der Waals surface area (Å²) < 4.78 is 10.6. The Morgan fingerprint density at radius 2 is 2.06 bits per heavy atom. The minimum Gasteiger partial charge on any atom is -0.350 e. The Hall–Kier alpha value is -0.810. The van der Waals surface area contributed by atoms with Gasteiger partial charge in [-0.3, -0.25) is 0 Å². The van der Waals surface area contributed by atoms with E-state index in [1.807, 2.05) is 0 Å². The molecule has 1 N–H and O–H groups in total. The van der Waals surface area contributed by atoms with Crippen molar-refractivity contribution in [2.75, 3.05) is 33.4 Å². The van der Waals surface area contributed by atoms with Crippen LogP contribution in [0.25, 0.3) is 0 Å². The molecule has 0 saturated carbocycles. The van der Waals surface area contributed by atoms with Gasteiger partial charge in [-0.2, -0.15) is 0 Å². The molecule has 0 aromatic rings. The zero-order valence-corrected chi connectivity index (χ0v) is 10.9. The summed E-state index contributed by atoms with van der Waals surface area (Å²) in [6.07, 6.45) is 3.98. The van der Waals surface area contributed by atoms with Crippen LogP contribution in [0.4, 0.5) is 4.79 Å². The zero-order chi connectivity index (χ0) is 12.5. The lowest BCUT2D eigenvalue weighted by molar-refractivity contribution is -0.0490. The predicted molar refractivity (Wildman–Crippen MR) is 65.9 cm³/mol. The molecule has 17 heavy (non-hydrogen) atoms. The van der Waals surface area contributed by atoms with Crippen molar-refractivity contribution in [1.82, 2.24) is 10.2 Å². The molecule has 0 atom stereocenters. The molecule has 5 heteroatoms. The van der Waals surface area contributed by atoms with E-state index in [1.54, 1.807) is 11.9 Å². The van der Waals surface area contributed by atoms with E-state index >= 15 is 0 Å². The molecular weight excluding hydrogens is 220 g/mol. The number of carbonyl (C=O) groups is 1. The third-order valence-electron chi connectivity index (χ3n) is 2.79. The largest absolute Gasteiger partial charge is 0.350 e. The van der Waals surface area contributed by atoms with Crippen molar-refractivity contribution in [3.8, 4) is 0 Å². The second-order valence-electron chi connectivity index (χ2n) is 4.32. The standard InChI is InChI=1S/C12H24N2O3/c1-3-4-5-7-13-12(15)14(2)8-6-11-16-9-10-17-11/h11H,3-10H2,1-2H3,(H,13,15). The molecule has 1 saturated heterocycles. The first-order valence-corrected chi connectivity index (χ1v) is 6.46. The van der Waals surface area contributed by atoms with Gasteiger partial charge in [0.05, 0.1) is 13.2 Å². The topological polar surface area (TPSA) is 50.8 Å². The predicted octanol–water partition coefficient (Wildman–Crippen LogP) is 1.58. The first-order chi connectivity index (χ1) is 8.24. The van der Waals surface area contributed by atoms with Crippen molar-refractivity contribution >= 4 is 6.03 Å². The Labute approximate surface area is 103 Å². The first kappa shape index (κ1) is 14.3. The molecule has 0 aromatic carbocycles. The Bertz CT molecular complexity index is 218. The van der Waals surface area contributed by atoms with Crippen LogP contribution in [-0.2, 0) is 9.47 Å². The molecule has 0 unspecified atom stereocenters. The molecule has 1 fully saturated rings. The highest BCUT2D eigenvalue weighted by molar-refractivity contribution is 5.73. The van der Waals surface area contributed by atoms with Crippen LogP contribution >= 0.6 is 0 Å². The smallest absolute Gasteiger partial charge is 0.317 e. The van der Waals surface area contributed by atoms with E-state index in [4.69, 9.17) is 9.47 Å². The van der Waals surface area contributed by atoms with Crippen molar-refractivity contribution in [2.24, 2.45) is 0 Å². The number of unbranched alkanes of at least 4 members (excludes halogenated alkanes) is 2. The molecule has 5 nitrogen and oxygen atoms in total. The molecule has 0 aromatic heterocycles. The van der Waals surface area contributed by atoms with Gasteiger partial charge < -0.3 is 19.7 Å². The molecular formula is C12H24N2O3. The van der Waals surface area contributed by atoms with E-state index in [9.17, 15) is 4.79 Å². The summed E-state index contributed by atoms with van der Waals surface area (Å²) >= 11 is 0. The summed E-state index contributed by atoms with van der Waals surface area (Å²) in [5, 5.41) is 2.90. The second-order valence-corrected chi connectivity index (χ2v) is 4.32. The zero-order valence-electron chi connectivity index (χ0n) is 10.9. The van der Waals surface area contributed by atoms with Crippen molar-refractivity contribution < 1.29 is 14.3 Å². The summed E-state index contributed by atoms with van der Waals surface area (Å²) in [5.41, 5.74) is 0. The van der Waals surface area contributed by atoms with Gasteiger partial charge in [-0.15, -0.1) is 0 Å². The normalized spacial score (nSPS) is 16.1. The van der Waals surface area contributed by atoms with Crippen molar-refractivity contribution in [2.45, 2.75) is 38.9 Å². The fourth-order valence-electron chi connectivity index (χ4n) is 1.68. The van der Waals surface area contributed by atoms with E-state index < -0.39 is 0 Å². The number of hydrogen-bond donors (Lipinski definition) is 1. The summed E-state index contributed by atoms with van der Waals surface area (Å²) in [6, 6.07) is -0.0147. The Morgan fingerprint density at radius 3 is 2.71 bits per heavy atom.